The molecule has 0 radical (unpaired) electrons. The summed E-state index contributed by atoms with van der Waals surface area (Å²) in [5.74, 6) is 0.697. The zero-order chi connectivity index (χ0) is 18.4. The predicted molar refractivity (Wildman–Crippen MR) is 104 cm³/mol. The van der Waals surface area contributed by atoms with Gasteiger partial charge in [0, 0.05) is 30.0 Å². The number of morpholine rings is 1. The molecule has 7 nitrogen and oxygen atoms in total. The molecule has 1 aliphatic heterocycles. The topological polar surface area (TPSA) is 68.4 Å². The molecule has 0 spiro atoms. The highest BCUT2D eigenvalue weighted by atomic mass is 16.5. The molecule has 1 aromatic carbocycles. The van der Waals surface area contributed by atoms with Crippen molar-refractivity contribution < 1.29 is 4.74 Å². The van der Waals surface area contributed by atoms with E-state index in [1.807, 2.05) is 42.6 Å². The van der Waals surface area contributed by atoms with Gasteiger partial charge >= 0.3 is 0 Å². The van der Waals surface area contributed by atoms with Gasteiger partial charge in [-0.15, -0.1) is 5.10 Å². The van der Waals surface area contributed by atoms with Gasteiger partial charge in [-0.1, -0.05) is 30.3 Å². The Morgan fingerprint density at radius 1 is 0.963 bits per heavy atom. The summed E-state index contributed by atoms with van der Waals surface area (Å²) in [5, 5.41) is 5.64. The van der Waals surface area contributed by atoms with E-state index in [-0.39, 0.29) is 0 Å². The number of hydrogen-bond acceptors (Lipinski definition) is 6. The number of aryl methyl sites for hydroxylation is 2. The number of ether oxygens (including phenoxy) is 1. The summed E-state index contributed by atoms with van der Waals surface area (Å²) in [6.07, 6.45) is 0. The summed E-state index contributed by atoms with van der Waals surface area (Å²) in [4.78, 5) is 16.6. The van der Waals surface area contributed by atoms with Gasteiger partial charge in [-0.25, -0.2) is 14.5 Å². The number of fused-ring (bicyclic) bond motifs is 3. The van der Waals surface area contributed by atoms with Crippen LogP contribution in [0.25, 0.3) is 27.9 Å². The van der Waals surface area contributed by atoms with Gasteiger partial charge in [0.05, 0.1) is 24.3 Å². The minimum Gasteiger partial charge on any atom is -0.378 e. The maximum atomic E-state index is 5.47. The molecule has 1 fully saturated rings. The number of nitrogens with zero attached hydrogens (tertiary/aromatic N) is 6. The highest BCUT2D eigenvalue weighted by molar-refractivity contribution is 6.01. The molecule has 0 unspecified atom stereocenters. The quantitative estimate of drug-likeness (QED) is 0.548. The zero-order valence-electron chi connectivity index (χ0n) is 15.4. The lowest BCUT2D eigenvalue weighted by Gasteiger charge is -2.26. The lowest BCUT2D eigenvalue weighted by Crippen LogP contribution is -2.37. The third kappa shape index (κ3) is 2.71. The summed E-state index contributed by atoms with van der Waals surface area (Å²) >= 11 is 0. The van der Waals surface area contributed by atoms with Crippen LogP contribution in [-0.2, 0) is 4.74 Å². The molecule has 4 aromatic rings. The largest absolute Gasteiger partial charge is 0.378 e. The van der Waals surface area contributed by atoms with Crippen molar-refractivity contribution in [3.05, 3.63) is 47.8 Å². The van der Waals surface area contributed by atoms with Crippen LogP contribution in [0.5, 0.6) is 0 Å². The average molecular weight is 360 g/mol. The van der Waals surface area contributed by atoms with E-state index in [1.54, 1.807) is 0 Å². The molecule has 0 bridgehead atoms. The molecule has 136 valence electrons. The Morgan fingerprint density at radius 3 is 2.52 bits per heavy atom. The van der Waals surface area contributed by atoms with Crippen LogP contribution in [0.1, 0.15) is 11.4 Å². The van der Waals surface area contributed by atoms with Crippen molar-refractivity contribution >= 4 is 22.6 Å². The monoisotopic (exact) mass is 360 g/mol. The molecule has 0 atom stereocenters. The summed E-state index contributed by atoms with van der Waals surface area (Å²) in [5.41, 5.74) is 5.37. The fourth-order valence-corrected chi connectivity index (χ4v) is 3.59. The number of benzene rings is 1. The fourth-order valence-electron chi connectivity index (χ4n) is 3.59. The van der Waals surface area contributed by atoms with Crippen LogP contribution in [0.3, 0.4) is 0 Å². The third-order valence-electron chi connectivity index (χ3n) is 4.87. The van der Waals surface area contributed by atoms with Gasteiger partial charge in [0.15, 0.2) is 11.3 Å². The smallest absolute Gasteiger partial charge is 0.228 e. The van der Waals surface area contributed by atoms with Crippen LogP contribution in [-0.4, -0.2) is 50.9 Å². The van der Waals surface area contributed by atoms with Crippen molar-refractivity contribution in [2.24, 2.45) is 0 Å². The summed E-state index contributed by atoms with van der Waals surface area (Å²) in [6.45, 7) is 6.97. The molecule has 0 aliphatic carbocycles. The van der Waals surface area contributed by atoms with E-state index >= 15 is 0 Å². The molecule has 4 heterocycles. The minimum atomic E-state index is 0.673. The van der Waals surface area contributed by atoms with Gasteiger partial charge in [-0.3, -0.25) is 0 Å². The molecule has 5 rings (SSSR count). The van der Waals surface area contributed by atoms with Crippen molar-refractivity contribution in [1.82, 2.24) is 24.6 Å². The molecule has 0 amide bonds. The second-order valence-electron chi connectivity index (χ2n) is 6.81. The van der Waals surface area contributed by atoms with Crippen molar-refractivity contribution in [2.45, 2.75) is 13.8 Å². The zero-order valence-corrected chi connectivity index (χ0v) is 15.4. The molecule has 1 aliphatic rings. The Balaban J connectivity index is 1.84. The molecule has 0 N–H and O–H groups in total. The second kappa shape index (κ2) is 6.28. The molecule has 27 heavy (non-hydrogen) atoms. The Morgan fingerprint density at radius 2 is 1.74 bits per heavy atom. The Kier molecular flexibility index (Phi) is 3.75. The first-order chi connectivity index (χ1) is 13.2. The summed E-state index contributed by atoms with van der Waals surface area (Å²) in [6, 6.07) is 12.2. The van der Waals surface area contributed by atoms with Crippen molar-refractivity contribution in [3.63, 3.8) is 0 Å². The van der Waals surface area contributed by atoms with Crippen LogP contribution in [0, 0.1) is 13.8 Å². The molecular weight excluding hydrogens is 340 g/mol. The van der Waals surface area contributed by atoms with Gasteiger partial charge in [-0.2, -0.15) is 4.98 Å². The molecule has 3 aromatic heterocycles. The summed E-state index contributed by atoms with van der Waals surface area (Å²) < 4.78 is 7.34. The van der Waals surface area contributed by atoms with Crippen molar-refractivity contribution in [1.29, 1.82) is 0 Å². The van der Waals surface area contributed by atoms with E-state index in [2.05, 4.69) is 17.0 Å². The number of anilines is 1. The SMILES string of the molecule is Cc1cc(C)n2nc3nc(N4CCOCC4)nc(-c4ccccc4)c3c2n1. The standard InChI is InChI=1S/C20H20N6O/c1-13-12-14(2)26-19(21-13)16-17(15-6-4-3-5-7-15)22-20(23-18(16)24-26)25-8-10-27-11-9-25/h3-7,12H,8-11H2,1-2H3. The number of rotatable bonds is 2. The minimum absolute atomic E-state index is 0.673. The van der Waals surface area contributed by atoms with Crippen molar-refractivity contribution in [2.75, 3.05) is 31.2 Å². The van der Waals surface area contributed by atoms with E-state index in [9.17, 15) is 0 Å². The Labute approximate surface area is 156 Å². The lowest BCUT2D eigenvalue weighted by atomic mass is 10.1. The maximum absolute atomic E-state index is 5.47. The first kappa shape index (κ1) is 16.1. The number of aromatic nitrogens is 5. The van der Waals surface area contributed by atoms with Crippen LogP contribution < -0.4 is 4.90 Å². The Bertz CT molecular complexity index is 1130. The van der Waals surface area contributed by atoms with Gasteiger partial charge in [0.2, 0.25) is 5.95 Å². The first-order valence-electron chi connectivity index (χ1n) is 9.13. The van der Waals surface area contributed by atoms with Crippen molar-refractivity contribution in [3.8, 4) is 11.3 Å². The third-order valence-corrected chi connectivity index (χ3v) is 4.87. The predicted octanol–water partition coefficient (Wildman–Crippen LogP) is 2.79. The second-order valence-corrected chi connectivity index (χ2v) is 6.81. The summed E-state index contributed by atoms with van der Waals surface area (Å²) in [7, 11) is 0. The molecule has 0 saturated carbocycles. The van der Waals surface area contributed by atoms with Gasteiger partial charge in [-0.05, 0) is 19.9 Å². The highest BCUT2D eigenvalue weighted by Crippen LogP contribution is 2.31. The first-order valence-corrected chi connectivity index (χ1v) is 9.13. The van der Waals surface area contributed by atoms with E-state index in [4.69, 9.17) is 24.8 Å². The van der Waals surface area contributed by atoms with E-state index in [0.29, 0.717) is 24.8 Å². The number of hydrogen-bond donors (Lipinski definition) is 0. The van der Waals surface area contributed by atoms with Crippen LogP contribution >= 0.6 is 0 Å². The van der Waals surface area contributed by atoms with Crippen LogP contribution in [0.2, 0.25) is 0 Å². The Hall–Kier alpha value is -3.06. The molecule has 1 saturated heterocycles. The van der Waals surface area contributed by atoms with Crippen LogP contribution in [0.4, 0.5) is 5.95 Å². The van der Waals surface area contributed by atoms with E-state index < -0.39 is 0 Å². The fraction of sp³-hybridized carbons (Fsp3) is 0.300. The highest BCUT2D eigenvalue weighted by Gasteiger charge is 2.21. The van der Waals surface area contributed by atoms with E-state index in [0.717, 1.165) is 46.8 Å². The van der Waals surface area contributed by atoms with Gasteiger partial charge in [0.25, 0.3) is 0 Å². The van der Waals surface area contributed by atoms with Crippen LogP contribution in [0.15, 0.2) is 36.4 Å². The average Bonchev–Trinajstić information content (AvgIpc) is 3.07. The van der Waals surface area contributed by atoms with E-state index in [1.165, 1.54) is 0 Å². The lowest BCUT2D eigenvalue weighted by molar-refractivity contribution is 0.122. The molecular formula is C20H20N6O. The molecule has 7 heteroatoms. The van der Waals surface area contributed by atoms with Gasteiger partial charge in [0.1, 0.15) is 0 Å². The maximum Gasteiger partial charge on any atom is 0.228 e. The van der Waals surface area contributed by atoms with Gasteiger partial charge < -0.3 is 9.64 Å². The normalized spacial score (nSPS) is 15.0.